The Morgan fingerprint density at radius 3 is 1.17 bits per heavy atom. The second kappa shape index (κ2) is 13.4. The molecule has 0 saturated heterocycles. The van der Waals surface area contributed by atoms with Gasteiger partial charge in [-0.25, -0.2) is 0 Å². The molecule has 0 aliphatic rings. The predicted octanol–water partition coefficient (Wildman–Crippen LogP) is 13.7. The van der Waals surface area contributed by atoms with E-state index < -0.39 is 0 Å². The van der Waals surface area contributed by atoms with Gasteiger partial charge in [-0.3, -0.25) is 0 Å². The fraction of sp³-hybridized carbons (Fsp3) is 0.333. The molecule has 1 atom stereocenters. The van der Waals surface area contributed by atoms with E-state index in [-0.39, 0.29) is 10.8 Å². The van der Waals surface area contributed by atoms with E-state index in [2.05, 4.69) is 195 Å². The van der Waals surface area contributed by atoms with Crippen LogP contribution in [0.25, 0.3) is 0 Å². The fourth-order valence-corrected chi connectivity index (χ4v) is 6.84. The third kappa shape index (κ3) is 7.99. The van der Waals surface area contributed by atoms with Crippen LogP contribution in [0.5, 0.6) is 0 Å². The number of aryl methyl sites for hydroxylation is 5. The molecule has 0 spiro atoms. The lowest BCUT2D eigenvalue weighted by Gasteiger charge is -2.37. The second-order valence-electron chi connectivity index (χ2n) is 15.9. The highest BCUT2D eigenvalue weighted by Gasteiger charge is 2.31. The van der Waals surface area contributed by atoms with Gasteiger partial charge in [0.25, 0.3) is 0 Å². The number of nitrogens with zero attached hydrogens (tertiary/aromatic N) is 2. The Bertz CT molecular complexity index is 1800. The van der Waals surface area contributed by atoms with E-state index in [4.69, 9.17) is 0 Å². The molecule has 5 rings (SSSR count). The molecule has 0 fully saturated rings. The molecule has 0 aromatic heterocycles. The Morgan fingerprint density at radius 2 is 0.830 bits per heavy atom. The topological polar surface area (TPSA) is 6.48 Å². The molecule has 0 aliphatic heterocycles. The lowest BCUT2D eigenvalue weighted by Crippen LogP contribution is -2.24. The first-order valence-corrected chi connectivity index (χ1v) is 17.1. The van der Waals surface area contributed by atoms with Gasteiger partial charge in [-0.1, -0.05) is 90.1 Å². The highest BCUT2D eigenvalue weighted by atomic mass is 15.2. The summed E-state index contributed by atoms with van der Waals surface area (Å²) in [7, 11) is 0. The molecule has 0 radical (unpaired) electrons. The number of hydrogen-bond donors (Lipinski definition) is 0. The summed E-state index contributed by atoms with van der Waals surface area (Å²) in [4.78, 5) is 4.87. The fourth-order valence-electron chi connectivity index (χ4n) is 6.84. The number of benzene rings is 5. The van der Waals surface area contributed by atoms with E-state index >= 15 is 0 Å². The van der Waals surface area contributed by atoms with Gasteiger partial charge < -0.3 is 9.80 Å². The summed E-state index contributed by atoms with van der Waals surface area (Å²) in [5.41, 5.74) is 15.1. The van der Waals surface area contributed by atoms with Crippen molar-refractivity contribution in [2.75, 3.05) is 9.80 Å². The van der Waals surface area contributed by atoms with Gasteiger partial charge in [-0.15, -0.1) is 0 Å². The zero-order chi connectivity index (χ0) is 34.1. The molecule has 2 heteroatoms. The van der Waals surface area contributed by atoms with Gasteiger partial charge in [0.1, 0.15) is 0 Å². The maximum atomic E-state index is 2.46. The van der Waals surface area contributed by atoms with Crippen LogP contribution >= 0.6 is 0 Å². The third-order valence-corrected chi connectivity index (χ3v) is 9.17. The molecule has 47 heavy (non-hydrogen) atoms. The zero-order valence-corrected chi connectivity index (χ0v) is 30.6. The Labute approximate surface area is 285 Å². The number of rotatable bonds is 8. The minimum Gasteiger partial charge on any atom is -0.310 e. The van der Waals surface area contributed by atoms with E-state index in [1.807, 2.05) is 0 Å². The average molecular weight is 623 g/mol. The van der Waals surface area contributed by atoms with Crippen molar-refractivity contribution in [3.05, 3.63) is 143 Å². The molecule has 2 nitrogen and oxygen atoms in total. The van der Waals surface area contributed by atoms with Crippen LogP contribution in [-0.2, 0) is 0 Å². The molecule has 0 amide bonds. The van der Waals surface area contributed by atoms with Gasteiger partial charge in [-0.05, 0) is 152 Å². The number of anilines is 6. The SMILES string of the molecule is Cc1cccc(N(c2cccc(C)c2)c2cc(C)c(N(c3cccc(C)c3)c3cccc(C(CC(C)(C)C)C(C)(C)C)c3)cc2C)c1. The normalized spacial score (nSPS) is 12.6. The van der Waals surface area contributed by atoms with E-state index in [0.29, 0.717) is 5.92 Å². The van der Waals surface area contributed by atoms with E-state index in [1.165, 1.54) is 67.5 Å². The molecule has 1 unspecified atom stereocenters. The van der Waals surface area contributed by atoms with Crippen molar-refractivity contribution in [3.8, 4) is 0 Å². The van der Waals surface area contributed by atoms with E-state index in [9.17, 15) is 0 Å². The van der Waals surface area contributed by atoms with Gasteiger partial charge in [0.15, 0.2) is 0 Å². The zero-order valence-electron chi connectivity index (χ0n) is 30.6. The molecule has 0 heterocycles. The Balaban J connectivity index is 1.69. The molecule has 5 aromatic carbocycles. The van der Waals surface area contributed by atoms with Crippen molar-refractivity contribution < 1.29 is 0 Å². The molecule has 244 valence electrons. The summed E-state index contributed by atoms with van der Waals surface area (Å²) in [5.74, 6) is 0.434. The first-order valence-electron chi connectivity index (χ1n) is 17.1. The molecule has 0 aliphatic carbocycles. The van der Waals surface area contributed by atoms with Crippen molar-refractivity contribution in [1.82, 2.24) is 0 Å². The summed E-state index contributed by atoms with van der Waals surface area (Å²) in [5, 5.41) is 0. The smallest absolute Gasteiger partial charge is 0.0494 e. The van der Waals surface area contributed by atoms with Crippen molar-refractivity contribution in [2.45, 2.75) is 88.5 Å². The minimum absolute atomic E-state index is 0.142. The van der Waals surface area contributed by atoms with Crippen LogP contribution in [0.2, 0.25) is 0 Å². The second-order valence-corrected chi connectivity index (χ2v) is 15.9. The van der Waals surface area contributed by atoms with Crippen LogP contribution in [0.4, 0.5) is 34.1 Å². The molecular weight excluding hydrogens is 569 g/mol. The summed E-state index contributed by atoms with van der Waals surface area (Å²) in [6.45, 7) is 25.3. The van der Waals surface area contributed by atoms with Crippen LogP contribution in [0, 0.1) is 45.4 Å². The quantitative estimate of drug-likeness (QED) is 0.170. The summed E-state index contributed by atoms with van der Waals surface area (Å²) < 4.78 is 0. The van der Waals surface area contributed by atoms with Gasteiger partial charge in [0.05, 0.1) is 0 Å². The first kappa shape index (κ1) is 34.0. The summed E-state index contributed by atoms with van der Waals surface area (Å²) in [6.07, 6.45) is 1.13. The number of hydrogen-bond acceptors (Lipinski definition) is 2. The standard InChI is InChI=1S/C45H54N2/c1-31-16-12-20-37(24-31)46(38-21-13-17-32(2)25-38)42-27-35(5)43(28-34(42)4)47(39-22-14-18-33(3)26-39)40-23-15-19-36(29-40)41(45(9,10)11)30-44(6,7)8/h12-29,41H,30H2,1-11H3. The highest BCUT2D eigenvalue weighted by Crippen LogP contribution is 2.47. The molecule has 5 aromatic rings. The maximum Gasteiger partial charge on any atom is 0.0494 e. The van der Waals surface area contributed by atoms with Crippen molar-refractivity contribution in [3.63, 3.8) is 0 Å². The van der Waals surface area contributed by atoms with Crippen molar-refractivity contribution >= 4 is 34.1 Å². The van der Waals surface area contributed by atoms with Crippen LogP contribution in [-0.4, -0.2) is 0 Å². The average Bonchev–Trinajstić information content (AvgIpc) is 2.98. The lowest BCUT2D eigenvalue weighted by atomic mass is 9.69. The van der Waals surface area contributed by atoms with Gasteiger partial charge in [0, 0.05) is 34.1 Å². The van der Waals surface area contributed by atoms with Gasteiger partial charge in [0.2, 0.25) is 0 Å². The van der Waals surface area contributed by atoms with Gasteiger partial charge >= 0.3 is 0 Å². The van der Waals surface area contributed by atoms with E-state index in [1.54, 1.807) is 0 Å². The molecule has 0 bridgehead atoms. The minimum atomic E-state index is 0.142. The molecule has 0 N–H and O–H groups in total. The van der Waals surface area contributed by atoms with Crippen LogP contribution in [0.3, 0.4) is 0 Å². The molecule has 0 saturated carbocycles. The lowest BCUT2D eigenvalue weighted by molar-refractivity contribution is 0.229. The Morgan fingerprint density at radius 1 is 0.468 bits per heavy atom. The Kier molecular flexibility index (Phi) is 9.73. The monoisotopic (exact) mass is 622 g/mol. The highest BCUT2D eigenvalue weighted by molar-refractivity contribution is 5.85. The third-order valence-electron chi connectivity index (χ3n) is 9.17. The van der Waals surface area contributed by atoms with Crippen molar-refractivity contribution in [2.24, 2.45) is 10.8 Å². The summed E-state index contributed by atoms with van der Waals surface area (Å²) >= 11 is 0. The molecular formula is C45H54N2. The predicted molar refractivity (Wildman–Crippen MR) is 206 cm³/mol. The van der Waals surface area contributed by atoms with Crippen LogP contribution < -0.4 is 9.80 Å². The maximum absolute atomic E-state index is 2.46. The van der Waals surface area contributed by atoms with Crippen LogP contribution in [0.15, 0.2) is 109 Å². The van der Waals surface area contributed by atoms with Crippen LogP contribution in [0.1, 0.15) is 87.3 Å². The van der Waals surface area contributed by atoms with E-state index in [0.717, 1.165) is 6.42 Å². The first-order chi connectivity index (χ1) is 22.1. The van der Waals surface area contributed by atoms with Gasteiger partial charge in [-0.2, -0.15) is 0 Å². The Hall–Kier alpha value is -4.30. The van der Waals surface area contributed by atoms with Crippen molar-refractivity contribution in [1.29, 1.82) is 0 Å². The largest absolute Gasteiger partial charge is 0.310 e. The summed E-state index contributed by atoms with van der Waals surface area (Å²) in [6, 6.07) is 40.6.